The molecule has 0 unspecified atom stereocenters. The summed E-state index contributed by atoms with van der Waals surface area (Å²) in [6.07, 6.45) is 3.99. The van der Waals surface area contributed by atoms with Gasteiger partial charge in [0.15, 0.2) is 5.96 Å². The van der Waals surface area contributed by atoms with Gasteiger partial charge in [-0.05, 0) is 55.5 Å². The molecule has 2 N–H and O–H groups in total. The molecule has 0 amide bonds. The van der Waals surface area contributed by atoms with Crippen LogP contribution in [0.15, 0.2) is 59.6 Å². The SMILES string of the molecule is CN=C(NCCCc1cccc(F)c1)NC1CCN(c2ccccc2)CC1. The van der Waals surface area contributed by atoms with Gasteiger partial charge in [-0.3, -0.25) is 4.99 Å². The molecule has 1 fully saturated rings. The monoisotopic (exact) mass is 368 g/mol. The van der Waals surface area contributed by atoms with Gasteiger partial charge in [0.1, 0.15) is 5.82 Å². The van der Waals surface area contributed by atoms with Crippen molar-refractivity contribution in [2.45, 2.75) is 31.7 Å². The molecule has 0 aromatic heterocycles. The molecule has 0 atom stereocenters. The molecular formula is C22H29FN4. The quantitative estimate of drug-likeness (QED) is 0.465. The number of benzene rings is 2. The van der Waals surface area contributed by atoms with Crippen molar-refractivity contribution in [3.05, 3.63) is 66.0 Å². The van der Waals surface area contributed by atoms with Gasteiger partial charge in [-0.25, -0.2) is 4.39 Å². The van der Waals surface area contributed by atoms with Crippen LogP contribution < -0.4 is 15.5 Å². The van der Waals surface area contributed by atoms with Crippen LogP contribution in [-0.2, 0) is 6.42 Å². The molecule has 0 radical (unpaired) electrons. The fraction of sp³-hybridized carbons (Fsp3) is 0.409. The number of nitrogens with zero attached hydrogens (tertiary/aromatic N) is 2. The predicted octanol–water partition coefficient (Wildman–Crippen LogP) is 3.59. The molecule has 0 aliphatic carbocycles. The van der Waals surface area contributed by atoms with Gasteiger partial charge in [-0.2, -0.15) is 0 Å². The molecular weight excluding hydrogens is 339 g/mol. The first-order valence-electron chi connectivity index (χ1n) is 9.76. The number of nitrogens with one attached hydrogen (secondary N) is 2. The highest BCUT2D eigenvalue weighted by atomic mass is 19.1. The van der Waals surface area contributed by atoms with Crippen LogP contribution in [0.25, 0.3) is 0 Å². The van der Waals surface area contributed by atoms with Crippen LogP contribution in [0.5, 0.6) is 0 Å². The summed E-state index contributed by atoms with van der Waals surface area (Å²) in [6.45, 7) is 2.93. The minimum atomic E-state index is -0.167. The Bertz CT molecular complexity index is 724. The van der Waals surface area contributed by atoms with E-state index in [-0.39, 0.29) is 5.82 Å². The average molecular weight is 369 g/mol. The summed E-state index contributed by atoms with van der Waals surface area (Å²) in [5.41, 5.74) is 2.34. The van der Waals surface area contributed by atoms with Crippen LogP contribution in [0.3, 0.4) is 0 Å². The second kappa shape index (κ2) is 9.95. The standard InChI is InChI=1S/C22H29FN4/c1-24-22(25-14-6-8-18-7-5-9-19(23)17-18)26-20-12-15-27(16-13-20)21-10-3-2-4-11-21/h2-5,7,9-11,17,20H,6,8,12-16H2,1H3,(H2,24,25,26). The Balaban J connectivity index is 1.37. The highest BCUT2D eigenvalue weighted by Gasteiger charge is 2.19. The lowest BCUT2D eigenvalue weighted by atomic mass is 10.0. The molecule has 4 nitrogen and oxygen atoms in total. The van der Waals surface area contributed by atoms with E-state index in [4.69, 9.17) is 0 Å². The molecule has 1 heterocycles. The van der Waals surface area contributed by atoms with Crippen molar-refractivity contribution in [1.29, 1.82) is 0 Å². The zero-order chi connectivity index (χ0) is 18.9. The van der Waals surface area contributed by atoms with Gasteiger partial charge in [0.25, 0.3) is 0 Å². The van der Waals surface area contributed by atoms with E-state index in [1.54, 1.807) is 19.2 Å². The van der Waals surface area contributed by atoms with Gasteiger partial charge >= 0.3 is 0 Å². The van der Waals surface area contributed by atoms with Crippen molar-refractivity contribution in [2.75, 3.05) is 31.6 Å². The van der Waals surface area contributed by atoms with E-state index >= 15 is 0 Å². The second-order valence-corrected chi connectivity index (χ2v) is 6.97. The van der Waals surface area contributed by atoms with Crippen molar-refractivity contribution in [1.82, 2.24) is 10.6 Å². The summed E-state index contributed by atoms with van der Waals surface area (Å²) >= 11 is 0. The Hall–Kier alpha value is -2.56. The number of guanidine groups is 1. The van der Waals surface area contributed by atoms with Gasteiger partial charge in [0.2, 0.25) is 0 Å². The van der Waals surface area contributed by atoms with Crippen LogP contribution >= 0.6 is 0 Å². The summed E-state index contributed by atoms with van der Waals surface area (Å²) in [5, 5.41) is 6.91. The van der Waals surface area contributed by atoms with Crippen molar-refractivity contribution >= 4 is 11.6 Å². The summed E-state index contributed by atoms with van der Waals surface area (Å²) in [6, 6.07) is 17.9. The molecule has 1 aliphatic rings. The molecule has 0 saturated carbocycles. The van der Waals surface area contributed by atoms with Crippen molar-refractivity contribution in [2.24, 2.45) is 4.99 Å². The van der Waals surface area contributed by atoms with Crippen LogP contribution in [0, 0.1) is 5.82 Å². The molecule has 3 rings (SSSR count). The zero-order valence-electron chi connectivity index (χ0n) is 16.0. The Morgan fingerprint density at radius 2 is 1.89 bits per heavy atom. The number of aliphatic imine (C=N–C) groups is 1. The average Bonchev–Trinajstić information content (AvgIpc) is 2.71. The van der Waals surface area contributed by atoms with Crippen molar-refractivity contribution < 1.29 is 4.39 Å². The molecule has 5 heteroatoms. The van der Waals surface area contributed by atoms with Gasteiger partial charge in [-0.15, -0.1) is 0 Å². The van der Waals surface area contributed by atoms with Crippen LogP contribution in [-0.4, -0.2) is 38.7 Å². The lowest BCUT2D eigenvalue weighted by Crippen LogP contribution is -2.48. The van der Waals surface area contributed by atoms with Gasteiger partial charge in [0.05, 0.1) is 0 Å². The third kappa shape index (κ3) is 5.98. The van der Waals surface area contributed by atoms with E-state index in [2.05, 4.69) is 50.9 Å². The number of rotatable bonds is 6. The van der Waals surface area contributed by atoms with E-state index < -0.39 is 0 Å². The van der Waals surface area contributed by atoms with E-state index in [1.807, 2.05) is 6.07 Å². The highest BCUT2D eigenvalue weighted by molar-refractivity contribution is 5.79. The Morgan fingerprint density at radius 1 is 1.11 bits per heavy atom. The Kier molecular flexibility index (Phi) is 7.08. The molecule has 2 aromatic rings. The molecule has 144 valence electrons. The van der Waals surface area contributed by atoms with Crippen LogP contribution in [0.1, 0.15) is 24.8 Å². The molecule has 2 aromatic carbocycles. The molecule has 27 heavy (non-hydrogen) atoms. The first-order valence-corrected chi connectivity index (χ1v) is 9.76. The first kappa shape index (κ1) is 19.2. The zero-order valence-corrected chi connectivity index (χ0v) is 16.0. The molecule has 0 bridgehead atoms. The van der Waals surface area contributed by atoms with Gasteiger partial charge in [0, 0.05) is 38.4 Å². The summed E-state index contributed by atoms with van der Waals surface area (Å²) in [5.74, 6) is 0.687. The summed E-state index contributed by atoms with van der Waals surface area (Å²) in [7, 11) is 1.81. The van der Waals surface area contributed by atoms with E-state index in [0.29, 0.717) is 6.04 Å². The van der Waals surface area contributed by atoms with Crippen LogP contribution in [0.2, 0.25) is 0 Å². The second-order valence-electron chi connectivity index (χ2n) is 6.97. The Morgan fingerprint density at radius 3 is 2.59 bits per heavy atom. The fourth-order valence-electron chi connectivity index (χ4n) is 3.50. The van der Waals surface area contributed by atoms with E-state index in [9.17, 15) is 4.39 Å². The summed E-state index contributed by atoms with van der Waals surface area (Å²) < 4.78 is 13.2. The topological polar surface area (TPSA) is 39.7 Å². The minimum absolute atomic E-state index is 0.167. The van der Waals surface area contributed by atoms with Crippen molar-refractivity contribution in [3.63, 3.8) is 0 Å². The number of para-hydroxylation sites is 1. The number of halogens is 1. The minimum Gasteiger partial charge on any atom is -0.371 e. The largest absolute Gasteiger partial charge is 0.371 e. The maximum Gasteiger partial charge on any atom is 0.191 e. The number of anilines is 1. The van der Waals surface area contributed by atoms with Gasteiger partial charge in [-0.1, -0.05) is 30.3 Å². The fourth-order valence-corrected chi connectivity index (χ4v) is 3.50. The highest BCUT2D eigenvalue weighted by Crippen LogP contribution is 2.19. The normalized spacial score (nSPS) is 15.6. The maximum absolute atomic E-state index is 13.2. The summed E-state index contributed by atoms with van der Waals surface area (Å²) in [4.78, 5) is 6.78. The number of piperidine rings is 1. The number of hydrogen-bond donors (Lipinski definition) is 2. The van der Waals surface area contributed by atoms with Crippen LogP contribution in [0.4, 0.5) is 10.1 Å². The number of aryl methyl sites for hydroxylation is 1. The van der Waals surface area contributed by atoms with Gasteiger partial charge < -0.3 is 15.5 Å². The maximum atomic E-state index is 13.2. The van der Waals surface area contributed by atoms with E-state index in [0.717, 1.165) is 56.8 Å². The predicted molar refractivity (Wildman–Crippen MR) is 111 cm³/mol. The molecule has 1 saturated heterocycles. The van der Waals surface area contributed by atoms with Crippen molar-refractivity contribution in [3.8, 4) is 0 Å². The third-order valence-electron chi connectivity index (χ3n) is 5.00. The lowest BCUT2D eigenvalue weighted by Gasteiger charge is -2.34. The Labute approximate surface area is 161 Å². The smallest absolute Gasteiger partial charge is 0.191 e. The van der Waals surface area contributed by atoms with E-state index in [1.165, 1.54) is 11.8 Å². The molecule has 0 spiro atoms. The third-order valence-corrected chi connectivity index (χ3v) is 5.00. The lowest BCUT2D eigenvalue weighted by molar-refractivity contribution is 0.461. The first-order chi connectivity index (χ1) is 13.2. The molecule has 1 aliphatic heterocycles. The number of hydrogen-bond acceptors (Lipinski definition) is 2.